The fourth-order valence-corrected chi connectivity index (χ4v) is 18.8. The molecule has 0 aliphatic rings. The summed E-state index contributed by atoms with van der Waals surface area (Å²) in [6.45, 7) is 0. The van der Waals surface area contributed by atoms with Crippen LogP contribution in [0.15, 0.2) is 243 Å². The van der Waals surface area contributed by atoms with Crippen LogP contribution in [0.2, 0.25) is 0 Å². The van der Waals surface area contributed by atoms with Gasteiger partial charge in [0.2, 0.25) is 0 Å². The van der Waals surface area contributed by atoms with E-state index in [0.717, 1.165) is 0 Å². The number of halogens is 4. The van der Waals surface area contributed by atoms with Gasteiger partial charge in [0.25, 0.3) is 0 Å². The van der Waals surface area contributed by atoms with Gasteiger partial charge < -0.3 is 24.8 Å². The maximum Gasteiger partial charge on any atom is 2.00 e. The van der Waals surface area contributed by atoms with E-state index in [4.69, 9.17) is 23.2 Å². The molecule has 0 fully saturated rings. The normalized spacial score (nSPS) is 10.3. The Balaban J connectivity index is 0.000000298. The second-order valence-electron chi connectivity index (χ2n) is 13.7. The molecule has 10 heteroatoms. The van der Waals surface area contributed by atoms with Gasteiger partial charge in [-0.1, -0.05) is 150 Å². The van der Waals surface area contributed by atoms with Gasteiger partial charge in [0.05, 0.1) is 54.7 Å². The molecule has 8 aromatic rings. The summed E-state index contributed by atoms with van der Waals surface area (Å²) in [5, 5.41) is 11.9. The molecule has 1 nitrogen and oxygen atoms in total. The summed E-state index contributed by atoms with van der Waals surface area (Å²) in [5.74, 6) is 0. The summed E-state index contributed by atoms with van der Waals surface area (Å²) in [7, 11) is -3.68. The SMILES string of the molecule is ClCCl.[Cl-].[Cl-].[Pt+2].c1ccc([PH+](CCC[PH+](c2ccccc2)c2ccccc2)c2ccccc2)cc1.c1ccc([PH+](N[PH+](c2ccccc2)c2ccccc2)c2ccccc2)cc1. The molecule has 0 heterocycles. The smallest absolute Gasteiger partial charge is 1.00 e. The minimum Gasteiger partial charge on any atom is -1.00 e. The third kappa shape index (κ3) is 17.0. The van der Waals surface area contributed by atoms with Gasteiger partial charge >= 0.3 is 21.1 Å². The average molecular weight is 1150 g/mol. The molecule has 0 atom stereocenters. The summed E-state index contributed by atoms with van der Waals surface area (Å²) >= 11 is 9.53. The molecule has 0 aliphatic heterocycles. The van der Waals surface area contributed by atoms with Crippen LogP contribution in [0.1, 0.15) is 6.42 Å². The molecule has 8 aromatic carbocycles. The average Bonchev–Trinajstić information content (AvgIpc) is 3.32. The number of alkyl halides is 2. The van der Waals surface area contributed by atoms with Gasteiger partial charge in [-0.3, -0.25) is 0 Å². The van der Waals surface area contributed by atoms with Crippen molar-refractivity contribution in [1.29, 1.82) is 0 Å². The molecule has 0 radical (unpaired) electrons. The van der Waals surface area contributed by atoms with Crippen LogP contribution in [0.25, 0.3) is 0 Å². The Morgan fingerprint density at radius 3 is 0.629 bits per heavy atom. The van der Waals surface area contributed by atoms with E-state index in [9.17, 15) is 0 Å². The van der Waals surface area contributed by atoms with Crippen molar-refractivity contribution in [3.63, 3.8) is 0 Å². The maximum atomic E-state index is 4.76. The Labute approximate surface area is 411 Å². The number of nitrogens with one attached hydrogen (secondary N) is 1. The van der Waals surface area contributed by atoms with Gasteiger partial charge in [-0.25, -0.2) is 0 Å². The summed E-state index contributed by atoms with van der Waals surface area (Å²) in [5.41, 5.74) is 0. The molecule has 320 valence electrons. The van der Waals surface area contributed by atoms with Crippen LogP contribution < -0.4 is 72.1 Å². The van der Waals surface area contributed by atoms with E-state index in [-0.39, 0.29) is 51.2 Å². The van der Waals surface area contributed by atoms with Crippen molar-refractivity contribution in [2.75, 3.05) is 17.7 Å². The zero-order chi connectivity index (χ0) is 40.7. The van der Waals surface area contributed by atoms with E-state index >= 15 is 0 Å². The van der Waals surface area contributed by atoms with E-state index in [2.05, 4.69) is 248 Å². The molecule has 0 unspecified atom stereocenters. The van der Waals surface area contributed by atoms with Crippen LogP contribution in [-0.4, -0.2) is 17.7 Å². The predicted octanol–water partition coefficient (Wildman–Crippen LogP) is 4.67. The Kier molecular flexibility index (Phi) is 27.0. The van der Waals surface area contributed by atoms with E-state index in [1.54, 1.807) is 0 Å². The Hall–Kier alpha value is -2.71. The van der Waals surface area contributed by atoms with Crippen molar-refractivity contribution < 1.29 is 45.9 Å². The number of benzene rings is 8. The molecule has 0 bridgehead atoms. The first-order valence-corrected chi connectivity index (χ1v) is 27.5. The third-order valence-corrected chi connectivity index (χ3v) is 21.3. The first kappa shape index (κ1) is 53.6. The Morgan fingerprint density at radius 1 is 0.290 bits per heavy atom. The number of hydrogen-bond donors (Lipinski definition) is 1. The van der Waals surface area contributed by atoms with Crippen LogP contribution in [-0.2, 0) is 21.1 Å². The zero-order valence-corrected chi connectivity index (χ0v) is 43.5. The van der Waals surface area contributed by atoms with Crippen molar-refractivity contribution in [1.82, 2.24) is 4.86 Å². The van der Waals surface area contributed by atoms with Gasteiger partial charge in [-0.05, 0) is 97.1 Å². The fraction of sp³-hybridized carbons (Fsp3) is 0.0769. The first-order chi connectivity index (χ1) is 29.2. The Morgan fingerprint density at radius 2 is 0.452 bits per heavy atom. The van der Waals surface area contributed by atoms with Gasteiger partial charge in [-0.2, -0.15) is 0 Å². The van der Waals surface area contributed by atoms with Crippen molar-refractivity contribution in [3.8, 4) is 0 Å². The molecule has 0 aromatic heterocycles. The number of rotatable bonds is 14. The minimum atomic E-state index is -1.10. The fourth-order valence-electron chi connectivity index (χ4n) is 7.08. The van der Waals surface area contributed by atoms with Crippen LogP contribution in [0.5, 0.6) is 0 Å². The first-order valence-electron chi connectivity index (χ1n) is 20.0. The Bertz CT molecular complexity index is 1970. The minimum absolute atomic E-state index is 0. The monoisotopic (exact) mass is 1150 g/mol. The van der Waals surface area contributed by atoms with Gasteiger partial charge in [-0.15, -0.1) is 23.2 Å². The van der Waals surface area contributed by atoms with Crippen molar-refractivity contribution >= 4 is 97.6 Å². The van der Waals surface area contributed by atoms with Crippen LogP contribution >= 0.6 is 55.2 Å². The molecular weight excluding hydrogens is 1100 g/mol. The van der Waals surface area contributed by atoms with Crippen molar-refractivity contribution in [2.24, 2.45) is 0 Å². The quantitative estimate of drug-likeness (QED) is 0.124. The molecule has 0 amide bonds. The molecule has 62 heavy (non-hydrogen) atoms. The van der Waals surface area contributed by atoms with Crippen LogP contribution in [0.4, 0.5) is 0 Å². The largest absolute Gasteiger partial charge is 2.00 e. The third-order valence-electron chi connectivity index (χ3n) is 9.84. The van der Waals surface area contributed by atoms with Crippen molar-refractivity contribution in [3.05, 3.63) is 243 Å². The van der Waals surface area contributed by atoms with Gasteiger partial charge in [0, 0.05) is 6.42 Å². The second kappa shape index (κ2) is 31.2. The maximum absolute atomic E-state index is 4.76. The zero-order valence-electron chi connectivity index (χ0n) is 34.3. The van der Waals surface area contributed by atoms with E-state index < -0.39 is 32.0 Å². The number of hydrogen-bond acceptors (Lipinski definition) is 1. The molecule has 0 saturated carbocycles. The molecular formula is C52H53Cl4NP4Pt+4. The molecule has 8 rings (SSSR count). The van der Waals surface area contributed by atoms with E-state index in [1.165, 1.54) is 61.2 Å². The molecule has 0 aliphatic carbocycles. The molecule has 0 spiro atoms. The summed E-state index contributed by atoms with van der Waals surface area (Å²) in [4.78, 5) is 4.12. The van der Waals surface area contributed by atoms with E-state index in [1.807, 2.05) is 0 Å². The topological polar surface area (TPSA) is 12.0 Å². The molecule has 1 N–H and O–H groups in total. The second-order valence-corrected chi connectivity index (χ2v) is 24.6. The predicted molar refractivity (Wildman–Crippen MR) is 276 cm³/mol. The van der Waals surface area contributed by atoms with Crippen LogP contribution in [0, 0.1) is 0 Å². The van der Waals surface area contributed by atoms with Gasteiger partial charge in [0.1, 0.15) is 21.2 Å². The van der Waals surface area contributed by atoms with Gasteiger partial charge in [0.15, 0.2) is 16.1 Å². The standard InChI is InChI=1S/C27H26P2.C24H21NP2.CH2Cl2.2ClH.Pt/c1-5-14-24(15-6-1)28(25-16-7-2-8-17-25)22-13-23-29(26-18-9-3-10-19-26)27-20-11-4-12-21-27;1-5-13-21(14-6-1)26(22-15-7-2-8-16-22)25-27(23-17-9-3-10-18-23)24-19-11-4-12-20-24;2-1-3;;;/h1-12,14-21H,13,22-23H2;1-20,25H;1H2;2*1H;/q;;;;;+2/p+2. The van der Waals surface area contributed by atoms with E-state index in [0.29, 0.717) is 0 Å². The summed E-state index contributed by atoms with van der Waals surface area (Å²) in [6, 6.07) is 88.1. The summed E-state index contributed by atoms with van der Waals surface area (Å²) in [6.07, 6.45) is 3.84. The molecule has 0 saturated heterocycles. The van der Waals surface area contributed by atoms with Crippen molar-refractivity contribution in [2.45, 2.75) is 6.42 Å². The summed E-state index contributed by atoms with van der Waals surface area (Å²) < 4.78 is 0. The van der Waals surface area contributed by atoms with Crippen LogP contribution in [0.3, 0.4) is 0 Å².